The third kappa shape index (κ3) is 5.62. The highest BCUT2D eigenvalue weighted by molar-refractivity contribution is 7.98. The van der Waals surface area contributed by atoms with Crippen molar-refractivity contribution in [1.29, 1.82) is 0 Å². The van der Waals surface area contributed by atoms with Crippen molar-refractivity contribution >= 4 is 45.0 Å². The van der Waals surface area contributed by atoms with Crippen LogP contribution in [0.15, 0.2) is 17.0 Å². The molecule has 4 nitrogen and oxygen atoms in total. The molecule has 1 aromatic carbocycles. The molecule has 0 saturated heterocycles. The average Bonchev–Trinajstić information content (AvgIpc) is 2.39. The SMILES string of the molecule is CNCc1cc(Cl)cc(S(=O)(=O)NC(C)CCSC)c1Cl. The first-order chi connectivity index (χ1) is 9.81. The lowest BCUT2D eigenvalue weighted by Gasteiger charge is -2.16. The van der Waals surface area contributed by atoms with E-state index in [1.165, 1.54) is 6.07 Å². The van der Waals surface area contributed by atoms with Crippen molar-refractivity contribution in [3.8, 4) is 0 Å². The number of thioether (sulfide) groups is 1. The lowest BCUT2D eigenvalue weighted by molar-refractivity contribution is 0.557. The summed E-state index contributed by atoms with van der Waals surface area (Å²) in [4.78, 5) is 0.0259. The second kappa shape index (κ2) is 8.60. The molecule has 0 spiro atoms. The van der Waals surface area contributed by atoms with Gasteiger partial charge in [-0.2, -0.15) is 11.8 Å². The van der Waals surface area contributed by atoms with Crippen molar-refractivity contribution in [3.63, 3.8) is 0 Å². The summed E-state index contributed by atoms with van der Waals surface area (Å²) in [5.41, 5.74) is 0.656. The minimum atomic E-state index is -3.69. The monoisotopic (exact) mass is 370 g/mol. The number of nitrogens with one attached hydrogen (secondary N) is 2. The molecule has 0 amide bonds. The van der Waals surface area contributed by atoms with Crippen molar-refractivity contribution in [3.05, 3.63) is 27.7 Å². The fourth-order valence-electron chi connectivity index (χ4n) is 1.81. The molecule has 0 aromatic heterocycles. The first-order valence-corrected chi connectivity index (χ1v) is 10.1. The van der Waals surface area contributed by atoms with Crippen LogP contribution in [0.5, 0.6) is 0 Å². The van der Waals surface area contributed by atoms with Gasteiger partial charge in [0.1, 0.15) is 4.90 Å². The largest absolute Gasteiger partial charge is 0.316 e. The first-order valence-electron chi connectivity index (χ1n) is 6.45. The Morgan fingerprint density at radius 2 is 2.00 bits per heavy atom. The van der Waals surface area contributed by atoms with E-state index in [1.54, 1.807) is 24.9 Å². The first kappa shape index (κ1) is 19.1. The number of hydrogen-bond acceptors (Lipinski definition) is 4. The Bertz CT molecular complexity index is 580. The Labute approximate surface area is 141 Å². The van der Waals surface area contributed by atoms with Gasteiger partial charge in [0.25, 0.3) is 0 Å². The van der Waals surface area contributed by atoms with Crippen molar-refractivity contribution in [2.75, 3.05) is 19.1 Å². The highest BCUT2D eigenvalue weighted by Gasteiger charge is 2.22. The average molecular weight is 371 g/mol. The van der Waals surface area contributed by atoms with Gasteiger partial charge < -0.3 is 5.32 Å². The maximum atomic E-state index is 12.5. The number of sulfonamides is 1. The van der Waals surface area contributed by atoms with Gasteiger partial charge in [-0.05, 0) is 50.1 Å². The highest BCUT2D eigenvalue weighted by Crippen LogP contribution is 2.29. The predicted octanol–water partition coefficient (Wildman–Crippen LogP) is 3.13. The normalized spacial score (nSPS) is 13.4. The second-order valence-electron chi connectivity index (χ2n) is 4.71. The smallest absolute Gasteiger partial charge is 0.242 e. The van der Waals surface area contributed by atoms with Gasteiger partial charge >= 0.3 is 0 Å². The standard InChI is InChI=1S/C13H20Cl2N2O2S2/c1-9(4-5-20-3)17-21(18,19)12-7-11(14)6-10(8-16-2)13(12)15/h6-7,9,16-17H,4-5,8H2,1-3H3. The van der Waals surface area contributed by atoms with E-state index in [4.69, 9.17) is 23.2 Å². The fourth-order valence-corrected chi connectivity index (χ4v) is 4.61. The quantitative estimate of drug-likeness (QED) is 0.737. The fraction of sp³-hybridized carbons (Fsp3) is 0.538. The topological polar surface area (TPSA) is 58.2 Å². The molecule has 0 aliphatic rings. The van der Waals surface area contributed by atoms with Gasteiger partial charge in [-0.15, -0.1) is 0 Å². The molecule has 2 N–H and O–H groups in total. The summed E-state index contributed by atoms with van der Waals surface area (Å²) >= 11 is 13.9. The van der Waals surface area contributed by atoms with Crippen LogP contribution in [0.1, 0.15) is 18.9 Å². The molecule has 1 atom stereocenters. The maximum Gasteiger partial charge on any atom is 0.242 e. The lowest BCUT2D eigenvalue weighted by atomic mass is 10.2. The van der Waals surface area contributed by atoms with Crippen LogP contribution in [0.2, 0.25) is 10.0 Å². The van der Waals surface area contributed by atoms with Crippen molar-refractivity contribution < 1.29 is 8.42 Å². The molecule has 0 aliphatic carbocycles. The summed E-state index contributed by atoms with van der Waals surface area (Å²) in [6.07, 6.45) is 2.74. The van der Waals surface area contributed by atoms with Gasteiger partial charge in [0.15, 0.2) is 0 Å². The number of benzene rings is 1. The highest BCUT2D eigenvalue weighted by atomic mass is 35.5. The minimum Gasteiger partial charge on any atom is -0.316 e. The summed E-state index contributed by atoms with van der Waals surface area (Å²) in [5.74, 6) is 0.887. The zero-order valence-corrected chi connectivity index (χ0v) is 15.4. The third-order valence-electron chi connectivity index (χ3n) is 2.85. The molecule has 0 heterocycles. The Hall–Kier alpha value is 0.0200. The third-order valence-corrected chi connectivity index (χ3v) is 5.88. The van der Waals surface area contributed by atoms with E-state index in [1.807, 2.05) is 13.2 Å². The van der Waals surface area contributed by atoms with E-state index in [9.17, 15) is 8.42 Å². The van der Waals surface area contributed by atoms with Crippen LogP contribution in [-0.2, 0) is 16.6 Å². The molecule has 1 unspecified atom stereocenters. The number of hydrogen-bond donors (Lipinski definition) is 2. The number of halogens is 2. The minimum absolute atomic E-state index is 0.0259. The van der Waals surface area contributed by atoms with E-state index >= 15 is 0 Å². The number of rotatable bonds is 8. The van der Waals surface area contributed by atoms with Gasteiger partial charge in [0, 0.05) is 17.6 Å². The van der Waals surface area contributed by atoms with Crippen LogP contribution in [0, 0.1) is 0 Å². The van der Waals surface area contributed by atoms with E-state index in [2.05, 4.69) is 10.0 Å². The summed E-state index contributed by atoms with van der Waals surface area (Å²) in [6.45, 7) is 2.28. The van der Waals surface area contributed by atoms with Gasteiger partial charge in [-0.3, -0.25) is 0 Å². The Morgan fingerprint density at radius 1 is 1.33 bits per heavy atom. The molecular formula is C13H20Cl2N2O2S2. The molecule has 0 fully saturated rings. The van der Waals surface area contributed by atoms with Gasteiger partial charge in [-0.1, -0.05) is 23.2 Å². The van der Waals surface area contributed by atoms with Gasteiger partial charge in [-0.25, -0.2) is 13.1 Å². The van der Waals surface area contributed by atoms with Crippen LogP contribution in [0.3, 0.4) is 0 Å². The molecule has 21 heavy (non-hydrogen) atoms. The molecule has 0 bridgehead atoms. The molecule has 8 heteroatoms. The van der Waals surface area contributed by atoms with E-state index in [0.29, 0.717) is 17.1 Å². The summed E-state index contributed by atoms with van der Waals surface area (Å²) < 4.78 is 27.5. The van der Waals surface area contributed by atoms with Crippen LogP contribution < -0.4 is 10.0 Å². The summed E-state index contributed by atoms with van der Waals surface area (Å²) in [5, 5.41) is 3.49. The van der Waals surface area contributed by atoms with E-state index in [-0.39, 0.29) is 16.0 Å². The van der Waals surface area contributed by atoms with E-state index < -0.39 is 10.0 Å². The molecule has 0 radical (unpaired) electrons. The predicted molar refractivity (Wildman–Crippen MR) is 92.0 cm³/mol. The molecule has 1 rings (SSSR count). The Balaban J connectivity index is 3.07. The summed E-state index contributed by atoms with van der Waals surface area (Å²) in [7, 11) is -1.93. The lowest BCUT2D eigenvalue weighted by Crippen LogP contribution is -2.33. The second-order valence-corrected chi connectivity index (χ2v) is 8.19. The van der Waals surface area contributed by atoms with Crippen molar-refractivity contribution in [2.24, 2.45) is 0 Å². The molecule has 1 aromatic rings. The van der Waals surface area contributed by atoms with Crippen molar-refractivity contribution in [1.82, 2.24) is 10.0 Å². The Morgan fingerprint density at radius 3 is 2.57 bits per heavy atom. The molecule has 0 aliphatic heterocycles. The van der Waals surface area contributed by atoms with Crippen LogP contribution >= 0.6 is 35.0 Å². The zero-order chi connectivity index (χ0) is 16.0. The summed E-state index contributed by atoms with van der Waals surface area (Å²) in [6, 6.07) is 2.88. The molecular weight excluding hydrogens is 351 g/mol. The van der Waals surface area contributed by atoms with Crippen LogP contribution in [-0.4, -0.2) is 33.5 Å². The zero-order valence-electron chi connectivity index (χ0n) is 12.2. The van der Waals surface area contributed by atoms with Crippen LogP contribution in [0.4, 0.5) is 0 Å². The Kier molecular flexibility index (Phi) is 7.81. The maximum absolute atomic E-state index is 12.5. The van der Waals surface area contributed by atoms with Gasteiger partial charge in [0.05, 0.1) is 5.02 Å². The van der Waals surface area contributed by atoms with E-state index in [0.717, 1.165) is 12.2 Å². The van der Waals surface area contributed by atoms with Crippen LogP contribution in [0.25, 0.3) is 0 Å². The van der Waals surface area contributed by atoms with Crippen molar-refractivity contribution in [2.45, 2.75) is 30.8 Å². The molecule has 120 valence electrons. The van der Waals surface area contributed by atoms with Gasteiger partial charge in [0.2, 0.25) is 10.0 Å². The molecule has 0 saturated carbocycles.